The van der Waals surface area contributed by atoms with E-state index in [2.05, 4.69) is 14.8 Å². The van der Waals surface area contributed by atoms with Crippen molar-refractivity contribution in [1.29, 1.82) is 0 Å². The number of nitrogens with one attached hydrogen (secondary N) is 1. The summed E-state index contributed by atoms with van der Waals surface area (Å²) in [6.07, 6.45) is 6.99. The van der Waals surface area contributed by atoms with E-state index in [0.717, 1.165) is 49.2 Å². The zero-order valence-corrected chi connectivity index (χ0v) is 32.8. The lowest BCUT2D eigenvalue weighted by Gasteiger charge is -2.22. The fourth-order valence-electron chi connectivity index (χ4n) is 5.82. The van der Waals surface area contributed by atoms with Crippen molar-refractivity contribution in [1.82, 2.24) is 34.8 Å². The molecule has 16 heteroatoms. The highest BCUT2D eigenvalue weighted by atomic mass is 32.2. The van der Waals surface area contributed by atoms with Crippen molar-refractivity contribution in [3.8, 4) is 33.6 Å². The van der Waals surface area contributed by atoms with Crippen molar-refractivity contribution in [2.24, 2.45) is 11.4 Å². The first-order chi connectivity index (χ1) is 25.4. The summed E-state index contributed by atoms with van der Waals surface area (Å²) in [7, 11) is 4.96. The van der Waals surface area contributed by atoms with Crippen LogP contribution in [-0.4, -0.2) is 84.7 Å². The Bertz CT molecular complexity index is 2080. The third kappa shape index (κ3) is 9.07. The molecular formula is C37H46N8O6S2. The standard InChI is InChI=1S/C37H46N8O6S2/c1-23-17-29(45(43-23)14-10-16-51-32-11-8-9-15-50-32)36-42-34(31(52-36)22-40-53(47)37(2,3)4)33-26-21-39-44(5)28(26)19-27(41-33)35(46)38-20-24-12-13-25(48-6)18-30(24)49-7/h12-13,17-19,21-22,32H,8-11,14-16,20H2,1-7H3,(H,38,46)/b40-22+. The highest BCUT2D eigenvalue weighted by molar-refractivity contribution is 7.91. The minimum Gasteiger partial charge on any atom is -0.591 e. The number of fused-ring (bicyclic) bond motifs is 1. The molecule has 1 aliphatic rings. The molecule has 0 spiro atoms. The van der Waals surface area contributed by atoms with Crippen LogP contribution in [0.15, 0.2) is 40.9 Å². The predicted molar refractivity (Wildman–Crippen MR) is 206 cm³/mol. The van der Waals surface area contributed by atoms with Gasteiger partial charge in [0.2, 0.25) is 0 Å². The Kier molecular flexibility index (Phi) is 12.1. The molecule has 0 radical (unpaired) electrons. The Morgan fingerprint density at radius 1 is 1.17 bits per heavy atom. The van der Waals surface area contributed by atoms with Gasteiger partial charge in [-0.05, 0) is 77.6 Å². The second-order valence-corrected chi connectivity index (χ2v) is 16.6. The largest absolute Gasteiger partial charge is 0.591 e. The SMILES string of the molecule is COc1ccc(CNC(=O)c2cc3c(cnn3C)c(-c3nc(-c4cc(C)nn4CCCOC4CCCCO4)sc3/C=N/[S+]([O-])C(C)(C)C)n2)c(OC)c1. The molecule has 1 amide bonds. The number of thiazole rings is 1. The van der Waals surface area contributed by atoms with E-state index in [-0.39, 0.29) is 24.4 Å². The molecule has 5 heterocycles. The van der Waals surface area contributed by atoms with Crippen LogP contribution in [0.3, 0.4) is 0 Å². The summed E-state index contributed by atoms with van der Waals surface area (Å²) in [6.45, 7) is 9.65. The van der Waals surface area contributed by atoms with Crippen molar-refractivity contribution in [2.45, 2.75) is 77.5 Å². The number of nitrogens with zero attached hydrogens (tertiary/aromatic N) is 7. The summed E-state index contributed by atoms with van der Waals surface area (Å²) in [5, 5.41) is 13.6. The number of benzene rings is 1. The van der Waals surface area contributed by atoms with Gasteiger partial charge in [-0.3, -0.25) is 14.2 Å². The number of rotatable bonds is 14. The number of pyridine rings is 1. The molecule has 0 saturated carbocycles. The number of carbonyl (C=O) groups is 1. The van der Waals surface area contributed by atoms with Crippen LogP contribution in [0, 0.1) is 6.92 Å². The number of ether oxygens (including phenoxy) is 4. The summed E-state index contributed by atoms with van der Waals surface area (Å²) < 4.78 is 43.1. The van der Waals surface area contributed by atoms with E-state index in [1.54, 1.807) is 43.4 Å². The first-order valence-corrected chi connectivity index (χ1v) is 19.4. The van der Waals surface area contributed by atoms with Crippen LogP contribution in [0.25, 0.3) is 33.0 Å². The van der Waals surface area contributed by atoms with Gasteiger partial charge in [0.15, 0.2) is 6.29 Å². The van der Waals surface area contributed by atoms with Gasteiger partial charge >= 0.3 is 0 Å². The Labute approximate surface area is 316 Å². The maximum absolute atomic E-state index is 13.7. The average molecular weight is 763 g/mol. The number of aromatic nitrogens is 6. The van der Waals surface area contributed by atoms with Crippen molar-refractivity contribution >= 4 is 45.7 Å². The van der Waals surface area contributed by atoms with Crippen LogP contribution in [0.4, 0.5) is 0 Å². The van der Waals surface area contributed by atoms with E-state index in [1.165, 1.54) is 11.3 Å². The third-order valence-corrected chi connectivity index (χ3v) is 11.0. The molecule has 5 aromatic rings. The van der Waals surface area contributed by atoms with Crippen LogP contribution in [-0.2, 0) is 41.0 Å². The van der Waals surface area contributed by atoms with Crippen molar-refractivity contribution in [3.05, 3.63) is 58.4 Å². The Morgan fingerprint density at radius 2 is 2.00 bits per heavy atom. The fourth-order valence-corrected chi connectivity index (χ4v) is 7.36. The molecule has 14 nitrogen and oxygen atoms in total. The minimum absolute atomic E-state index is 0.149. The number of hydrogen-bond donors (Lipinski definition) is 1. The van der Waals surface area contributed by atoms with E-state index in [1.807, 2.05) is 57.6 Å². The second kappa shape index (κ2) is 16.8. The molecule has 2 atom stereocenters. The van der Waals surface area contributed by atoms with Gasteiger partial charge in [-0.25, -0.2) is 9.97 Å². The predicted octanol–water partition coefficient (Wildman–Crippen LogP) is 6.03. The van der Waals surface area contributed by atoms with E-state index in [4.69, 9.17) is 34.0 Å². The molecule has 1 N–H and O–H groups in total. The van der Waals surface area contributed by atoms with Crippen LogP contribution in [0.2, 0.25) is 0 Å². The van der Waals surface area contributed by atoms with Crippen LogP contribution in [0.1, 0.15) is 73.1 Å². The maximum atomic E-state index is 13.7. The quantitative estimate of drug-likeness (QED) is 0.0804. The minimum atomic E-state index is -1.52. The summed E-state index contributed by atoms with van der Waals surface area (Å²) in [4.78, 5) is 24.4. The highest BCUT2D eigenvalue weighted by Crippen LogP contribution is 2.36. The summed E-state index contributed by atoms with van der Waals surface area (Å²) in [5.74, 6) is 0.851. The van der Waals surface area contributed by atoms with E-state index >= 15 is 0 Å². The highest BCUT2D eigenvalue weighted by Gasteiger charge is 2.28. The van der Waals surface area contributed by atoms with Gasteiger partial charge in [-0.15, -0.1) is 11.3 Å². The first kappa shape index (κ1) is 38.4. The van der Waals surface area contributed by atoms with Crippen LogP contribution >= 0.6 is 11.3 Å². The lowest BCUT2D eigenvalue weighted by molar-refractivity contribution is -0.163. The molecule has 53 heavy (non-hydrogen) atoms. The molecule has 0 bridgehead atoms. The van der Waals surface area contributed by atoms with Crippen LogP contribution in [0.5, 0.6) is 11.5 Å². The molecule has 1 aliphatic heterocycles. The molecular weight excluding hydrogens is 717 g/mol. The van der Waals surface area contributed by atoms with Gasteiger partial charge in [0.25, 0.3) is 5.91 Å². The van der Waals surface area contributed by atoms with Gasteiger partial charge in [-0.1, -0.05) is 4.40 Å². The van der Waals surface area contributed by atoms with Crippen LogP contribution < -0.4 is 14.8 Å². The lowest BCUT2D eigenvalue weighted by Crippen LogP contribution is -2.25. The molecule has 1 aromatic carbocycles. The second-order valence-electron chi connectivity index (χ2n) is 13.7. The fraction of sp³-hybridized carbons (Fsp3) is 0.459. The zero-order valence-electron chi connectivity index (χ0n) is 31.2. The van der Waals surface area contributed by atoms with Crippen molar-refractivity contribution in [2.75, 3.05) is 27.4 Å². The molecule has 0 aliphatic carbocycles. The topological polar surface area (TPSA) is 163 Å². The van der Waals surface area contributed by atoms with Gasteiger partial charge in [0.1, 0.15) is 49.7 Å². The average Bonchev–Trinajstić information content (AvgIpc) is 3.86. The number of hydrogen-bond acceptors (Lipinski definition) is 12. The number of methoxy groups -OCH3 is 2. The Hall–Kier alpha value is -4.35. The molecule has 282 valence electrons. The molecule has 2 unspecified atom stereocenters. The molecule has 4 aromatic heterocycles. The normalized spacial score (nSPS) is 15.7. The third-order valence-electron chi connectivity index (χ3n) is 8.66. The number of carbonyl (C=O) groups excluding carboxylic acids is 1. The summed E-state index contributed by atoms with van der Waals surface area (Å²) in [6, 6.07) is 9.12. The maximum Gasteiger partial charge on any atom is 0.270 e. The molecule has 6 rings (SSSR count). The molecule has 1 fully saturated rings. The van der Waals surface area contributed by atoms with E-state index < -0.39 is 16.1 Å². The number of amides is 1. The van der Waals surface area contributed by atoms with Crippen molar-refractivity contribution in [3.63, 3.8) is 0 Å². The zero-order chi connectivity index (χ0) is 37.7. The summed E-state index contributed by atoms with van der Waals surface area (Å²) >= 11 is -0.124. The van der Waals surface area contributed by atoms with E-state index in [9.17, 15) is 9.35 Å². The first-order valence-electron chi connectivity index (χ1n) is 17.5. The monoisotopic (exact) mass is 762 g/mol. The Balaban J connectivity index is 1.35. The van der Waals surface area contributed by atoms with Gasteiger partial charge in [-0.2, -0.15) is 10.2 Å². The smallest absolute Gasteiger partial charge is 0.270 e. The Morgan fingerprint density at radius 3 is 2.74 bits per heavy atom. The van der Waals surface area contributed by atoms with Gasteiger partial charge in [0.05, 0.1) is 55.0 Å². The van der Waals surface area contributed by atoms with Crippen molar-refractivity contribution < 1.29 is 28.3 Å². The molecule has 1 saturated heterocycles. The van der Waals surface area contributed by atoms with E-state index in [0.29, 0.717) is 56.8 Å². The summed E-state index contributed by atoms with van der Waals surface area (Å²) in [5.41, 5.74) is 4.27. The number of aryl methyl sites for hydroxylation is 3. The van der Waals surface area contributed by atoms with Gasteiger partial charge in [0, 0.05) is 43.8 Å². The lowest BCUT2D eigenvalue weighted by atomic mass is 10.1. The van der Waals surface area contributed by atoms with Gasteiger partial charge < -0.3 is 28.8 Å².